The van der Waals surface area contributed by atoms with Gasteiger partial charge < -0.3 is 24.5 Å². The fourth-order valence-corrected chi connectivity index (χ4v) is 1.60. The minimum Gasteiger partial charge on any atom is -0.477 e. The van der Waals surface area contributed by atoms with Crippen LogP contribution < -0.4 is 5.32 Å². The Labute approximate surface area is 117 Å². The van der Waals surface area contributed by atoms with Crippen LogP contribution in [0.5, 0.6) is 0 Å². The number of hydrogen-bond acceptors (Lipinski definition) is 4. The highest BCUT2D eigenvalue weighted by molar-refractivity contribution is 5.86. The molecule has 0 aliphatic carbocycles. The summed E-state index contributed by atoms with van der Waals surface area (Å²) in [6, 6.07) is 3.06. The summed E-state index contributed by atoms with van der Waals surface area (Å²) in [5.74, 6) is -1.27. The van der Waals surface area contributed by atoms with E-state index in [4.69, 9.17) is 14.6 Å². The minimum absolute atomic E-state index is 0.000828. The maximum Gasteiger partial charge on any atom is 0.352 e. The number of amides is 1. The highest BCUT2D eigenvalue weighted by atomic mass is 16.5. The molecule has 0 aliphatic rings. The molecule has 0 aromatic carbocycles. The summed E-state index contributed by atoms with van der Waals surface area (Å²) in [4.78, 5) is 22.5. The zero-order chi connectivity index (χ0) is 14.8. The summed E-state index contributed by atoms with van der Waals surface area (Å²) in [5.41, 5.74) is 0.100. The number of ether oxygens (including phenoxy) is 2. The highest BCUT2D eigenvalue weighted by Crippen LogP contribution is 2.01. The topological polar surface area (TPSA) is 89.8 Å². The SMILES string of the molecule is COCCOCCCNC(=O)Cn1cccc1C(=O)O. The molecule has 0 radical (unpaired) electrons. The lowest BCUT2D eigenvalue weighted by atomic mass is 10.4. The summed E-state index contributed by atoms with van der Waals surface area (Å²) in [6.45, 7) is 2.13. The quantitative estimate of drug-likeness (QED) is 0.605. The third-order valence-electron chi connectivity index (χ3n) is 2.58. The molecule has 1 heterocycles. The molecule has 1 rings (SSSR count). The number of rotatable bonds is 10. The summed E-state index contributed by atoms with van der Waals surface area (Å²) in [5, 5.41) is 11.6. The Hall–Kier alpha value is -1.86. The number of carbonyl (C=O) groups is 2. The van der Waals surface area contributed by atoms with Crippen LogP contribution in [-0.2, 0) is 20.8 Å². The van der Waals surface area contributed by atoms with Crippen molar-refractivity contribution in [2.45, 2.75) is 13.0 Å². The van der Waals surface area contributed by atoms with E-state index >= 15 is 0 Å². The molecule has 0 aliphatic heterocycles. The van der Waals surface area contributed by atoms with E-state index in [1.54, 1.807) is 19.4 Å². The van der Waals surface area contributed by atoms with Crippen molar-refractivity contribution in [1.29, 1.82) is 0 Å². The van der Waals surface area contributed by atoms with Gasteiger partial charge in [0.05, 0.1) is 13.2 Å². The molecule has 1 amide bonds. The van der Waals surface area contributed by atoms with Gasteiger partial charge in [0.25, 0.3) is 0 Å². The van der Waals surface area contributed by atoms with Crippen molar-refractivity contribution in [1.82, 2.24) is 9.88 Å². The molecule has 1 aromatic heterocycles. The average molecular weight is 284 g/mol. The molecular formula is C13H20N2O5. The van der Waals surface area contributed by atoms with Gasteiger partial charge in [-0.2, -0.15) is 0 Å². The summed E-state index contributed by atoms with van der Waals surface area (Å²) < 4.78 is 11.5. The van der Waals surface area contributed by atoms with E-state index < -0.39 is 5.97 Å². The number of methoxy groups -OCH3 is 1. The van der Waals surface area contributed by atoms with Crippen molar-refractivity contribution < 1.29 is 24.2 Å². The van der Waals surface area contributed by atoms with Crippen LogP contribution in [0.2, 0.25) is 0 Å². The number of carbonyl (C=O) groups excluding carboxylic acids is 1. The van der Waals surface area contributed by atoms with Crippen molar-refractivity contribution in [2.24, 2.45) is 0 Å². The first-order valence-corrected chi connectivity index (χ1v) is 6.37. The van der Waals surface area contributed by atoms with Gasteiger partial charge in [-0.15, -0.1) is 0 Å². The van der Waals surface area contributed by atoms with Crippen LogP contribution in [0.1, 0.15) is 16.9 Å². The largest absolute Gasteiger partial charge is 0.477 e. The Bertz CT molecular complexity index is 430. The number of aromatic nitrogens is 1. The zero-order valence-corrected chi connectivity index (χ0v) is 11.5. The third-order valence-corrected chi connectivity index (χ3v) is 2.58. The van der Waals surface area contributed by atoms with Crippen LogP contribution in [0.4, 0.5) is 0 Å². The van der Waals surface area contributed by atoms with Gasteiger partial charge in [0.2, 0.25) is 5.91 Å². The van der Waals surface area contributed by atoms with E-state index in [1.807, 2.05) is 0 Å². The average Bonchev–Trinajstić information content (AvgIpc) is 2.86. The number of carboxylic acids is 1. The van der Waals surface area contributed by atoms with E-state index in [2.05, 4.69) is 5.32 Å². The van der Waals surface area contributed by atoms with Gasteiger partial charge in [-0.1, -0.05) is 0 Å². The van der Waals surface area contributed by atoms with Crippen molar-refractivity contribution in [3.63, 3.8) is 0 Å². The Kier molecular flexibility index (Phi) is 7.38. The van der Waals surface area contributed by atoms with Crippen LogP contribution >= 0.6 is 0 Å². The molecule has 0 saturated carbocycles. The van der Waals surface area contributed by atoms with Gasteiger partial charge in [0.15, 0.2) is 0 Å². The van der Waals surface area contributed by atoms with E-state index in [1.165, 1.54) is 10.6 Å². The Balaban J connectivity index is 2.17. The first kappa shape index (κ1) is 16.2. The number of hydrogen-bond donors (Lipinski definition) is 2. The molecule has 0 spiro atoms. The molecule has 20 heavy (non-hydrogen) atoms. The van der Waals surface area contributed by atoms with Gasteiger partial charge in [-0.05, 0) is 18.6 Å². The Morgan fingerprint density at radius 3 is 2.85 bits per heavy atom. The fourth-order valence-electron chi connectivity index (χ4n) is 1.60. The molecule has 7 nitrogen and oxygen atoms in total. The van der Waals surface area contributed by atoms with Crippen LogP contribution in [0.25, 0.3) is 0 Å². The summed E-state index contributed by atoms with van der Waals surface area (Å²) in [6.07, 6.45) is 2.27. The molecule has 7 heteroatoms. The second-order valence-electron chi connectivity index (χ2n) is 4.14. The standard InChI is InChI=1S/C13H20N2O5/c1-19-8-9-20-7-3-5-14-12(16)10-15-6-2-4-11(15)13(17)18/h2,4,6H,3,5,7-10H2,1H3,(H,14,16)(H,17,18). The lowest BCUT2D eigenvalue weighted by Gasteiger charge is -2.08. The van der Waals surface area contributed by atoms with Crippen molar-refractivity contribution in [2.75, 3.05) is 33.5 Å². The number of nitrogens with zero attached hydrogens (tertiary/aromatic N) is 1. The molecule has 112 valence electrons. The molecule has 0 fully saturated rings. The maximum atomic E-state index is 11.6. The highest BCUT2D eigenvalue weighted by Gasteiger charge is 2.10. The summed E-state index contributed by atoms with van der Waals surface area (Å²) >= 11 is 0. The van der Waals surface area contributed by atoms with Crippen LogP contribution in [0.15, 0.2) is 18.3 Å². The van der Waals surface area contributed by atoms with Gasteiger partial charge >= 0.3 is 5.97 Å². The molecule has 0 saturated heterocycles. The molecule has 1 aromatic rings. The Morgan fingerprint density at radius 1 is 1.35 bits per heavy atom. The number of aromatic carboxylic acids is 1. The van der Waals surface area contributed by atoms with Gasteiger partial charge in [-0.25, -0.2) is 4.79 Å². The third kappa shape index (κ3) is 5.85. The smallest absolute Gasteiger partial charge is 0.352 e. The second-order valence-corrected chi connectivity index (χ2v) is 4.14. The van der Waals surface area contributed by atoms with Crippen LogP contribution in [0.3, 0.4) is 0 Å². The predicted octanol–water partition coefficient (Wildman–Crippen LogP) is 0.356. The molecule has 0 bridgehead atoms. The lowest BCUT2D eigenvalue weighted by molar-refractivity contribution is -0.121. The number of nitrogens with one attached hydrogen (secondary N) is 1. The Morgan fingerprint density at radius 2 is 2.15 bits per heavy atom. The number of carboxylic acid groups (broad SMARTS) is 1. The summed E-state index contributed by atoms with van der Waals surface area (Å²) in [7, 11) is 1.61. The van der Waals surface area contributed by atoms with Crippen LogP contribution in [-0.4, -0.2) is 55.0 Å². The first-order chi connectivity index (χ1) is 9.65. The second kappa shape index (κ2) is 9.11. The molecule has 2 N–H and O–H groups in total. The minimum atomic E-state index is -1.05. The van der Waals surface area contributed by atoms with Crippen molar-refractivity contribution in [3.8, 4) is 0 Å². The van der Waals surface area contributed by atoms with E-state index in [0.717, 1.165) is 0 Å². The van der Waals surface area contributed by atoms with Crippen molar-refractivity contribution in [3.05, 3.63) is 24.0 Å². The fraction of sp³-hybridized carbons (Fsp3) is 0.538. The van der Waals surface area contributed by atoms with Gasteiger partial charge in [0.1, 0.15) is 12.2 Å². The van der Waals surface area contributed by atoms with Crippen LogP contribution in [0, 0.1) is 0 Å². The monoisotopic (exact) mass is 284 g/mol. The lowest BCUT2D eigenvalue weighted by Crippen LogP contribution is -2.29. The molecule has 0 atom stereocenters. The van der Waals surface area contributed by atoms with Crippen molar-refractivity contribution >= 4 is 11.9 Å². The van der Waals surface area contributed by atoms with Gasteiger partial charge in [-0.3, -0.25) is 4.79 Å². The van der Waals surface area contributed by atoms with Gasteiger partial charge in [0, 0.05) is 26.5 Å². The maximum absolute atomic E-state index is 11.6. The molecular weight excluding hydrogens is 264 g/mol. The van der Waals surface area contributed by atoms with E-state index in [-0.39, 0.29) is 18.1 Å². The molecule has 0 unspecified atom stereocenters. The van der Waals surface area contributed by atoms with E-state index in [0.29, 0.717) is 32.8 Å². The predicted molar refractivity (Wildman–Crippen MR) is 71.7 cm³/mol. The van der Waals surface area contributed by atoms with E-state index in [9.17, 15) is 9.59 Å². The zero-order valence-electron chi connectivity index (χ0n) is 11.5. The first-order valence-electron chi connectivity index (χ1n) is 6.37. The normalized spacial score (nSPS) is 10.4.